The maximum Gasteiger partial charge on any atom is 0.319 e. The molecule has 1 spiro atoms. The van der Waals surface area contributed by atoms with Crippen molar-refractivity contribution in [3.05, 3.63) is 48.7 Å². The molecule has 1 aromatic carbocycles. The van der Waals surface area contributed by atoms with E-state index in [-0.39, 0.29) is 11.6 Å². The monoisotopic (exact) mass is 408 g/mol. The Bertz CT molecular complexity index is 873. The van der Waals surface area contributed by atoms with Gasteiger partial charge in [0.2, 0.25) is 5.91 Å². The highest BCUT2D eigenvalue weighted by molar-refractivity contribution is 6.00. The maximum absolute atomic E-state index is 13.0. The van der Waals surface area contributed by atoms with E-state index < -0.39 is 12.1 Å². The van der Waals surface area contributed by atoms with Crippen molar-refractivity contribution in [1.82, 2.24) is 10.6 Å². The Morgan fingerprint density at radius 2 is 1.87 bits per heavy atom. The summed E-state index contributed by atoms with van der Waals surface area (Å²) >= 11 is 0. The van der Waals surface area contributed by atoms with Crippen LogP contribution in [-0.2, 0) is 9.59 Å². The van der Waals surface area contributed by atoms with Crippen LogP contribution in [0.1, 0.15) is 32.1 Å². The number of rotatable bonds is 6. The molecular weight excluding hydrogens is 380 g/mol. The summed E-state index contributed by atoms with van der Waals surface area (Å²) in [5.74, 6) is -0.123. The van der Waals surface area contributed by atoms with Gasteiger partial charge in [0.15, 0.2) is 0 Å². The second-order valence-corrected chi connectivity index (χ2v) is 8.43. The SMILES string of the molecule is C=C/C(=C\C=O)NC(=O)N[C@@H]1CCCN(c2ccc(N3CCC4(CC4)C3)cc2)C1=O. The molecule has 2 aliphatic heterocycles. The third-order valence-electron chi connectivity index (χ3n) is 6.39. The van der Waals surface area contributed by atoms with Gasteiger partial charge >= 0.3 is 6.03 Å². The zero-order valence-corrected chi connectivity index (χ0v) is 17.1. The predicted octanol–water partition coefficient (Wildman–Crippen LogP) is 2.74. The van der Waals surface area contributed by atoms with Gasteiger partial charge in [-0.3, -0.25) is 9.59 Å². The number of carbonyl (C=O) groups excluding carboxylic acids is 3. The molecule has 1 atom stereocenters. The van der Waals surface area contributed by atoms with Gasteiger partial charge in [-0.1, -0.05) is 6.58 Å². The van der Waals surface area contributed by atoms with Crippen LogP contribution in [0.25, 0.3) is 0 Å². The van der Waals surface area contributed by atoms with Gasteiger partial charge in [0, 0.05) is 42.8 Å². The van der Waals surface area contributed by atoms with E-state index in [0.29, 0.717) is 24.7 Å². The topological polar surface area (TPSA) is 81.8 Å². The minimum Gasteiger partial charge on any atom is -0.371 e. The minimum absolute atomic E-state index is 0.123. The standard InChI is InChI=1S/C23H28N4O3/c1-2-17(9-15-28)24-22(30)25-20-4-3-13-27(21(20)29)19-7-5-18(6-8-19)26-14-12-23(16-26)10-11-23/h2,5-9,15,20H,1,3-4,10-14,16H2,(H2,24,25,30)/b17-9+/t20-/m1/s1. The Morgan fingerprint density at radius 3 is 2.50 bits per heavy atom. The number of nitrogens with zero attached hydrogens (tertiary/aromatic N) is 2. The van der Waals surface area contributed by atoms with E-state index in [0.717, 1.165) is 25.2 Å². The zero-order chi connectivity index (χ0) is 21.1. The molecule has 4 rings (SSSR count). The van der Waals surface area contributed by atoms with Crippen molar-refractivity contribution in [3.8, 4) is 0 Å². The lowest BCUT2D eigenvalue weighted by Gasteiger charge is -2.33. The van der Waals surface area contributed by atoms with Gasteiger partial charge in [-0.05, 0) is 67.9 Å². The summed E-state index contributed by atoms with van der Waals surface area (Å²) in [6, 6.07) is 7.05. The van der Waals surface area contributed by atoms with Gasteiger partial charge in [0.1, 0.15) is 12.3 Å². The molecule has 158 valence electrons. The number of allylic oxidation sites excluding steroid dienone is 2. The smallest absolute Gasteiger partial charge is 0.319 e. The van der Waals surface area contributed by atoms with Crippen molar-refractivity contribution in [2.45, 2.75) is 38.1 Å². The lowest BCUT2D eigenvalue weighted by Crippen LogP contribution is -2.54. The summed E-state index contributed by atoms with van der Waals surface area (Å²) in [7, 11) is 0. The molecule has 3 aliphatic rings. The van der Waals surface area contributed by atoms with E-state index >= 15 is 0 Å². The van der Waals surface area contributed by atoms with Crippen LogP contribution in [0.3, 0.4) is 0 Å². The number of amides is 3. The maximum atomic E-state index is 13.0. The van der Waals surface area contributed by atoms with Gasteiger partial charge < -0.3 is 20.4 Å². The molecule has 3 amide bonds. The molecule has 0 radical (unpaired) electrons. The molecule has 1 aromatic rings. The summed E-state index contributed by atoms with van der Waals surface area (Å²) in [4.78, 5) is 39.9. The Morgan fingerprint density at radius 1 is 1.13 bits per heavy atom. The van der Waals surface area contributed by atoms with Crippen LogP contribution in [-0.4, -0.2) is 43.9 Å². The fraction of sp³-hybridized carbons (Fsp3) is 0.435. The van der Waals surface area contributed by atoms with Crippen LogP contribution in [0.4, 0.5) is 16.2 Å². The molecule has 30 heavy (non-hydrogen) atoms. The zero-order valence-electron chi connectivity index (χ0n) is 17.1. The molecule has 3 fully saturated rings. The minimum atomic E-state index is -0.603. The summed E-state index contributed by atoms with van der Waals surface area (Å²) in [5.41, 5.74) is 2.92. The van der Waals surface area contributed by atoms with E-state index in [1.54, 1.807) is 4.90 Å². The lowest BCUT2D eigenvalue weighted by atomic mass is 10.0. The predicted molar refractivity (Wildman–Crippen MR) is 116 cm³/mol. The fourth-order valence-electron chi connectivity index (χ4n) is 4.41. The van der Waals surface area contributed by atoms with Gasteiger partial charge in [-0.25, -0.2) is 4.79 Å². The van der Waals surface area contributed by atoms with Crippen molar-refractivity contribution in [1.29, 1.82) is 0 Å². The Balaban J connectivity index is 1.38. The molecule has 2 N–H and O–H groups in total. The van der Waals surface area contributed by atoms with E-state index in [1.807, 2.05) is 12.1 Å². The Hall–Kier alpha value is -3.09. The van der Waals surface area contributed by atoms with E-state index in [2.05, 4.69) is 34.2 Å². The third-order valence-corrected chi connectivity index (χ3v) is 6.39. The number of hydrogen-bond acceptors (Lipinski definition) is 4. The first-order valence-electron chi connectivity index (χ1n) is 10.6. The number of anilines is 2. The molecule has 0 bridgehead atoms. The van der Waals surface area contributed by atoms with Crippen molar-refractivity contribution in [2.75, 3.05) is 29.4 Å². The molecular formula is C23H28N4O3. The first-order valence-corrected chi connectivity index (χ1v) is 10.6. The van der Waals surface area contributed by atoms with Crippen LogP contribution in [0.2, 0.25) is 0 Å². The van der Waals surface area contributed by atoms with Gasteiger partial charge in [-0.2, -0.15) is 0 Å². The second-order valence-electron chi connectivity index (χ2n) is 8.43. The normalized spacial score (nSPS) is 22.7. The number of urea groups is 1. The molecule has 1 saturated carbocycles. The van der Waals surface area contributed by atoms with Crippen LogP contribution in [0.15, 0.2) is 48.7 Å². The highest BCUT2D eigenvalue weighted by Crippen LogP contribution is 2.53. The number of carbonyl (C=O) groups is 3. The Kier molecular flexibility index (Phi) is 5.61. The molecule has 7 nitrogen and oxygen atoms in total. The third kappa shape index (κ3) is 4.25. The average Bonchev–Trinajstić information content (AvgIpc) is 3.38. The average molecular weight is 409 g/mol. The number of benzene rings is 1. The summed E-state index contributed by atoms with van der Waals surface area (Å²) in [5, 5.41) is 5.24. The molecule has 2 saturated heterocycles. The van der Waals surface area contributed by atoms with Crippen molar-refractivity contribution in [3.63, 3.8) is 0 Å². The molecule has 2 heterocycles. The number of hydrogen-bond donors (Lipinski definition) is 2. The Labute approximate surface area is 176 Å². The van der Waals surface area contributed by atoms with Crippen LogP contribution in [0, 0.1) is 5.41 Å². The number of piperidine rings is 1. The van der Waals surface area contributed by atoms with Crippen LogP contribution < -0.4 is 20.4 Å². The fourth-order valence-corrected chi connectivity index (χ4v) is 4.41. The first-order chi connectivity index (χ1) is 14.5. The van der Waals surface area contributed by atoms with Crippen molar-refractivity contribution in [2.24, 2.45) is 5.41 Å². The van der Waals surface area contributed by atoms with Crippen LogP contribution >= 0.6 is 0 Å². The largest absolute Gasteiger partial charge is 0.371 e. The van der Waals surface area contributed by atoms with Crippen molar-refractivity contribution < 1.29 is 14.4 Å². The lowest BCUT2D eigenvalue weighted by molar-refractivity contribution is -0.121. The summed E-state index contributed by atoms with van der Waals surface area (Å²) in [6.45, 7) is 6.42. The van der Waals surface area contributed by atoms with E-state index in [9.17, 15) is 14.4 Å². The number of aldehydes is 1. The van der Waals surface area contributed by atoms with Crippen LogP contribution in [0.5, 0.6) is 0 Å². The summed E-state index contributed by atoms with van der Waals surface area (Å²) < 4.78 is 0. The van der Waals surface area contributed by atoms with E-state index in [1.165, 1.54) is 37.1 Å². The van der Waals surface area contributed by atoms with Gasteiger partial charge in [0.25, 0.3) is 0 Å². The van der Waals surface area contributed by atoms with Gasteiger partial charge in [0.05, 0.1) is 0 Å². The van der Waals surface area contributed by atoms with Crippen molar-refractivity contribution >= 4 is 29.6 Å². The highest BCUT2D eigenvalue weighted by atomic mass is 16.2. The molecule has 0 aromatic heterocycles. The van der Waals surface area contributed by atoms with Gasteiger partial charge in [-0.15, -0.1) is 0 Å². The second kappa shape index (κ2) is 8.34. The quantitative estimate of drug-likeness (QED) is 0.431. The molecule has 0 unspecified atom stereocenters. The van der Waals surface area contributed by atoms with E-state index in [4.69, 9.17) is 0 Å². The summed E-state index contributed by atoms with van der Waals surface area (Å²) in [6.07, 6.45) is 8.51. The number of nitrogens with one attached hydrogen (secondary N) is 2. The molecule has 7 heteroatoms. The molecule has 1 aliphatic carbocycles. The first kappa shape index (κ1) is 20.2. The highest BCUT2D eigenvalue weighted by Gasteiger charge is 2.47.